The van der Waals surface area contributed by atoms with Gasteiger partial charge in [0.05, 0.1) is 0 Å². The predicted molar refractivity (Wildman–Crippen MR) is 70.7 cm³/mol. The quantitative estimate of drug-likeness (QED) is 0.872. The van der Waals surface area contributed by atoms with Crippen molar-refractivity contribution < 1.29 is 0 Å². The molecule has 2 N–H and O–H groups in total. The molecule has 4 heteroatoms. The van der Waals surface area contributed by atoms with Crippen molar-refractivity contribution in [1.29, 1.82) is 0 Å². The van der Waals surface area contributed by atoms with Crippen molar-refractivity contribution in [3.8, 4) is 5.69 Å². The molecule has 0 unspecified atom stereocenters. The summed E-state index contributed by atoms with van der Waals surface area (Å²) in [6.07, 6.45) is 4.32. The lowest BCUT2D eigenvalue weighted by atomic mass is 10.2. The molecule has 0 aliphatic heterocycles. The lowest BCUT2D eigenvalue weighted by Gasteiger charge is -2.09. The molecule has 1 aliphatic rings. The minimum Gasteiger partial charge on any atom is -0.330 e. The third-order valence-corrected chi connectivity index (χ3v) is 3.32. The second-order valence-electron chi connectivity index (χ2n) is 4.81. The van der Waals surface area contributed by atoms with Crippen LogP contribution in [-0.4, -0.2) is 21.3 Å². The van der Waals surface area contributed by atoms with Gasteiger partial charge < -0.3 is 5.73 Å². The van der Waals surface area contributed by atoms with Crippen LogP contribution in [-0.2, 0) is 6.42 Å². The van der Waals surface area contributed by atoms with Gasteiger partial charge in [-0.25, -0.2) is 0 Å². The van der Waals surface area contributed by atoms with E-state index in [1.807, 2.05) is 6.07 Å². The summed E-state index contributed by atoms with van der Waals surface area (Å²) < 4.78 is 2.22. The average Bonchev–Trinajstić information content (AvgIpc) is 3.18. The number of rotatable bonds is 5. The van der Waals surface area contributed by atoms with E-state index in [-0.39, 0.29) is 0 Å². The lowest BCUT2D eigenvalue weighted by Crippen LogP contribution is -2.07. The van der Waals surface area contributed by atoms with Gasteiger partial charge in [-0.05, 0) is 37.9 Å². The number of nitrogens with two attached hydrogens (primary N) is 1. The molecule has 0 spiro atoms. The zero-order valence-corrected chi connectivity index (χ0v) is 10.4. The second-order valence-corrected chi connectivity index (χ2v) is 4.81. The Morgan fingerprint density at radius 3 is 2.61 bits per heavy atom. The number of aryl methyl sites for hydroxylation is 1. The number of benzene rings is 1. The molecule has 4 nitrogen and oxygen atoms in total. The Balaban J connectivity index is 2.00. The third kappa shape index (κ3) is 2.16. The molecule has 0 amide bonds. The summed E-state index contributed by atoms with van der Waals surface area (Å²) in [5.74, 6) is 2.76. The summed E-state index contributed by atoms with van der Waals surface area (Å²) in [4.78, 5) is 0. The number of nitrogens with zero attached hydrogens (tertiary/aromatic N) is 3. The summed E-state index contributed by atoms with van der Waals surface area (Å²) in [7, 11) is 0. The molecule has 1 heterocycles. The summed E-state index contributed by atoms with van der Waals surface area (Å²) in [5.41, 5.74) is 6.75. The maximum atomic E-state index is 5.59. The Labute approximate surface area is 107 Å². The van der Waals surface area contributed by atoms with E-state index in [1.165, 1.54) is 12.8 Å². The zero-order valence-electron chi connectivity index (χ0n) is 10.4. The van der Waals surface area contributed by atoms with Gasteiger partial charge in [-0.3, -0.25) is 4.57 Å². The maximum absolute atomic E-state index is 5.59. The van der Waals surface area contributed by atoms with Crippen molar-refractivity contribution in [2.45, 2.75) is 31.6 Å². The van der Waals surface area contributed by atoms with Gasteiger partial charge in [0.25, 0.3) is 0 Å². The van der Waals surface area contributed by atoms with Crippen LogP contribution in [0.4, 0.5) is 0 Å². The van der Waals surface area contributed by atoms with Crippen LogP contribution in [0.1, 0.15) is 36.8 Å². The first-order valence-electron chi connectivity index (χ1n) is 6.60. The van der Waals surface area contributed by atoms with Crippen molar-refractivity contribution in [3.63, 3.8) is 0 Å². The largest absolute Gasteiger partial charge is 0.330 e. The van der Waals surface area contributed by atoms with E-state index in [0.717, 1.165) is 30.2 Å². The molecule has 0 radical (unpaired) electrons. The molecule has 1 saturated carbocycles. The Kier molecular flexibility index (Phi) is 3.11. The van der Waals surface area contributed by atoms with Gasteiger partial charge in [0.1, 0.15) is 11.6 Å². The van der Waals surface area contributed by atoms with Crippen LogP contribution in [0.15, 0.2) is 30.3 Å². The van der Waals surface area contributed by atoms with E-state index in [9.17, 15) is 0 Å². The first-order chi connectivity index (χ1) is 8.90. The lowest BCUT2D eigenvalue weighted by molar-refractivity contribution is 0.752. The van der Waals surface area contributed by atoms with Crippen LogP contribution in [0, 0.1) is 0 Å². The molecule has 0 saturated heterocycles. The molecular weight excluding hydrogens is 224 g/mol. The number of hydrogen-bond acceptors (Lipinski definition) is 3. The summed E-state index contributed by atoms with van der Waals surface area (Å²) in [5, 5.41) is 8.73. The van der Waals surface area contributed by atoms with Gasteiger partial charge in [0, 0.05) is 18.0 Å². The number of hydrogen-bond donors (Lipinski definition) is 1. The van der Waals surface area contributed by atoms with E-state index in [1.54, 1.807) is 0 Å². The van der Waals surface area contributed by atoms with E-state index in [2.05, 4.69) is 39.0 Å². The fourth-order valence-corrected chi connectivity index (χ4v) is 2.22. The molecule has 2 aromatic rings. The highest BCUT2D eigenvalue weighted by molar-refractivity contribution is 5.35. The molecule has 0 bridgehead atoms. The Morgan fingerprint density at radius 2 is 1.94 bits per heavy atom. The molecule has 94 valence electrons. The highest BCUT2D eigenvalue weighted by Crippen LogP contribution is 2.40. The van der Waals surface area contributed by atoms with Crippen molar-refractivity contribution in [3.05, 3.63) is 42.0 Å². The Morgan fingerprint density at radius 1 is 1.17 bits per heavy atom. The topological polar surface area (TPSA) is 56.7 Å². The Bertz CT molecular complexity index is 514. The number of para-hydroxylation sites is 1. The van der Waals surface area contributed by atoms with Crippen molar-refractivity contribution >= 4 is 0 Å². The molecule has 1 fully saturated rings. The SMILES string of the molecule is NCCCc1nnc(C2CC2)n1-c1ccccc1. The van der Waals surface area contributed by atoms with Gasteiger partial charge in [-0.2, -0.15) is 0 Å². The normalized spacial score (nSPS) is 14.9. The molecule has 0 atom stereocenters. The monoisotopic (exact) mass is 242 g/mol. The van der Waals surface area contributed by atoms with E-state index >= 15 is 0 Å². The molecule has 18 heavy (non-hydrogen) atoms. The number of aromatic nitrogens is 3. The van der Waals surface area contributed by atoms with Crippen molar-refractivity contribution in [2.24, 2.45) is 5.73 Å². The van der Waals surface area contributed by atoms with Crippen LogP contribution in [0.5, 0.6) is 0 Å². The maximum Gasteiger partial charge on any atom is 0.140 e. The van der Waals surface area contributed by atoms with Gasteiger partial charge in [0.2, 0.25) is 0 Å². The summed E-state index contributed by atoms with van der Waals surface area (Å²) in [6, 6.07) is 10.4. The van der Waals surface area contributed by atoms with Crippen LogP contribution >= 0.6 is 0 Å². The zero-order chi connectivity index (χ0) is 12.4. The van der Waals surface area contributed by atoms with Crippen LogP contribution in [0.3, 0.4) is 0 Å². The highest BCUT2D eigenvalue weighted by Gasteiger charge is 2.30. The minimum atomic E-state index is 0.601. The van der Waals surface area contributed by atoms with Crippen LogP contribution in [0.25, 0.3) is 5.69 Å². The first kappa shape index (κ1) is 11.4. The van der Waals surface area contributed by atoms with Gasteiger partial charge >= 0.3 is 0 Å². The molecule has 1 aromatic heterocycles. The van der Waals surface area contributed by atoms with E-state index < -0.39 is 0 Å². The van der Waals surface area contributed by atoms with Gasteiger partial charge in [0.15, 0.2) is 0 Å². The Hall–Kier alpha value is -1.68. The molecule has 1 aromatic carbocycles. The van der Waals surface area contributed by atoms with E-state index in [0.29, 0.717) is 12.5 Å². The minimum absolute atomic E-state index is 0.601. The molecular formula is C14H18N4. The van der Waals surface area contributed by atoms with Gasteiger partial charge in [-0.1, -0.05) is 18.2 Å². The molecule has 1 aliphatic carbocycles. The fourth-order valence-electron chi connectivity index (χ4n) is 2.22. The van der Waals surface area contributed by atoms with Crippen LogP contribution in [0.2, 0.25) is 0 Å². The summed E-state index contributed by atoms with van der Waals surface area (Å²) in [6.45, 7) is 0.695. The van der Waals surface area contributed by atoms with E-state index in [4.69, 9.17) is 5.73 Å². The van der Waals surface area contributed by atoms with Crippen molar-refractivity contribution in [2.75, 3.05) is 6.54 Å². The summed E-state index contributed by atoms with van der Waals surface area (Å²) >= 11 is 0. The standard InChI is InChI=1S/C14H18N4/c15-10-4-7-13-16-17-14(11-8-9-11)18(13)12-5-2-1-3-6-12/h1-3,5-6,11H,4,7-10,15H2. The molecule has 3 rings (SSSR count). The highest BCUT2D eigenvalue weighted by atomic mass is 15.3. The fraction of sp³-hybridized carbons (Fsp3) is 0.429. The smallest absolute Gasteiger partial charge is 0.140 e. The average molecular weight is 242 g/mol. The van der Waals surface area contributed by atoms with Gasteiger partial charge in [-0.15, -0.1) is 10.2 Å². The second kappa shape index (κ2) is 4.90. The third-order valence-electron chi connectivity index (χ3n) is 3.32. The first-order valence-corrected chi connectivity index (χ1v) is 6.60. The predicted octanol–water partition coefficient (Wildman–Crippen LogP) is 2.04. The van der Waals surface area contributed by atoms with Crippen molar-refractivity contribution in [1.82, 2.24) is 14.8 Å². The van der Waals surface area contributed by atoms with Crippen LogP contribution < -0.4 is 5.73 Å².